The van der Waals surface area contributed by atoms with Crippen LogP contribution in [0.3, 0.4) is 0 Å². The minimum atomic E-state index is -3.61. The van der Waals surface area contributed by atoms with Crippen molar-refractivity contribution in [1.82, 2.24) is 5.06 Å². The first kappa shape index (κ1) is 14.8. The molecule has 1 atom stereocenters. The SMILES string of the molecule is CC1=C(S(=O)(=O)c2ccccc2)C(c2ccccc2)N(C)O1. The second-order valence-corrected chi connectivity index (χ2v) is 7.11. The molecule has 0 aromatic heterocycles. The summed E-state index contributed by atoms with van der Waals surface area (Å²) in [4.78, 5) is 6.16. The maximum atomic E-state index is 13.0. The van der Waals surface area contributed by atoms with Gasteiger partial charge in [0.15, 0.2) is 0 Å². The molecule has 0 aliphatic carbocycles. The second kappa shape index (κ2) is 5.59. The molecule has 1 heterocycles. The average Bonchev–Trinajstić information content (AvgIpc) is 2.84. The van der Waals surface area contributed by atoms with Crippen LogP contribution in [0.2, 0.25) is 0 Å². The predicted molar refractivity (Wildman–Crippen MR) is 84.4 cm³/mol. The maximum Gasteiger partial charge on any atom is 0.208 e. The van der Waals surface area contributed by atoms with Gasteiger partial charge < -0.3 is 4.84 Å². The Labute approximate surface area is 130 Å². The Morgan fingerprint density at radius 3 is 2.09 bits per heavy atom. The van der Waals surface area contributed by atoms with Crippen molar-refractivity contribution >= 4 is 9.84 Å². The molecule has 5 heteroatoms. The number of sulfone groups is 1. The van der Waals surface area contributed by atoms with Gasteiger partial charge in [-0.2, -0.15) is 0 Å². The molecule has 1 aliphatic heterocycles. The largest absolute Gasteiger partial charge is 0.409 e. The van der Waals surface area contributed by atoms with Crippen LogP contribution in [-0.2, 0) is 14.7 Å². The minimum absolute atomic E-state index is 0.282. The lowest BCUT2D eigenvalue weighted by molar-refractivity contribution is -0.0943. The van der Waals surface area contributed by atoms with Crippen molar-refractivity contribution in [2.75, 3.05) is 7.05 Å². The van der Waals surface area contributed by atoms with E-state index < -0.39 is 15.9 Å². The summed E-state index contributed by atoms with van der Waals surface area (Å²) in [7, 11) is -1.86. The molecule has 0 saturated heterocycles. The fourth-order valence-corrected chi connectivity index (χ4v) is 4.49. The van der Waals surface area contributed by atoms with Gasteiger partial charge in [-0.25, -0.2) is 8.42 Å². The molecule has 2 aromatic carbocycles. The number of nitrogens with zero attached hydrogens (tertiary/aromatic N) is 1. The van der Waals surface area contributed by atoms with Crippen molar-refractivity contribution in [2.45, 2.75) is 17.9 Å². The molecule has 114 valence electrons. The van der Waals surface area contributed by atoms with E-state index in [0.29, 0.717) is 10.7 Å². The fourth-order valence-electron chi connectivity index (χ4n) is 2.73. The summed E-state index contributed by atoms with van der Waals surface area (Å²) in [5.74, 6) is 0.417. The van der Waals surface area contributed by atoms with Gasteiger partial charge in [-0.05, 0) is 24.6 Å². The van der Waals surface area contributed by atoms with Crippen molar-refractivity contribution in [3.63, 3.8) is 0 Å². The van der Waals surface area contributed by atoms with E-state index in [-0.39, 0.29) is 4.90 Å². The molecule has 4 nitrogen and oxygen atoms in total. The molecular weight excluding hydrogens is 298 g/mol. The molecule has 0 spiro atoms. The van der Waals surface area contributed by atoms with Crippen LogP contribution in [0, 0.1) is 0 Å². The first-order valence-corrected chi connectivity index (χ1v) is 8.47. The summed E-state index contributed by atoms with van der Waals surface area (Å²) < 4.78 is 26.0. The summed E-state index contributed by atoms with van der Waals surface area (Å²) in [5.41, 5.74) is 0.886. The number of benzene rings is 2. The standard InChI is InChI=1S/C17H17NO3S/c1-13-17(22(19,20)15-11-7-4-8-12-15)16(18(2)21-13)14-9-5-3-6-10-14/h3-12,16H,1-2H3. The average molecular weight is 315 g/mol. The number of likely N-dealkylation sites (N-methyl/N-ethyl adjacent to an activating group) is 1. The molecule has 3 rings (SSSR count). The molecule has 0 fully saturated rings. The highest BCUT2D eigenvalue weighted by Gasteiger charge is 2.40. The fraction of sp³-hybridized carbons (Fsp3) is 0.176. The lowest BCUT2D eigenvalue weighted by Crippen LogP contribution is -2.22. The van der Waals surface area contributed by atoms with Crippen molar-refractivity contribution in [2.24, 2.45) is 0 Å². The summed E-state index contributed by atoms with van der Waals surface area (Å²) in [6, 6.07) is 17.5. The predicted octanol–water partition coefficient (Wildman–Crippen LogP) is 3.31. The zero-order valence-electron chi connectivity index (χ0n) is 12.4. The van der Waals surface area contributed by atoms with Crippen LogP contribution >= 0.6 is 0 Å². The van der Waals surface area contributed by atoms with E-state index in [1.54, 1.807) is 49.4 Å². The Bertz CT molecular complexity index is 798. The molecule has 0 N–H and O–H groups in total. The van der Waals surface area contributed by atoms with E-state index in [0.717, 1.165) is 5.56 Å². The molecule has 22 heavy (non-hydrogen) atoms. The third kappa shape index (κ3) is 2.42. The van der Waals surface area contributed by atoms with Crippen LogP contribution in [0.25, 0.3) is 0 Å². The highest BCUT2D eigenvalue weighted by Crippen LogP contribution is 2.41. The number of hydrogen-bond acceptors (Lipinski definition) is 4. The topological polar surface area (TPSA) is 46.6 Å². The Balaban J connectivity index is 2.13. The van der Waals surface area contributed by atoms with Crippen LogP contribution < -0.4 is 0 Å². The number of allylic oxidation sites excluding steroid dienone is 1. The Morgan fingerprint density at radius 1 is 0.955 bits per heavy atom. The normalized spacial score (nSPS) is 19.3. The quantitative estimate of drug-likeness (QED) is 0.872. The van der Waals surface area contributed by atoms with Gasteiger partial charge in [-0.1, -0.05) is 48.5 Å². The number of hydroxylamine groups is 2. The molecule has 1 unspecified atom stereocenters. The van der Waals surface area contributed by atoms with Gasteiger partial charge in [0.05, 0.1) is 4.90 Å². The molecule has 0 amide bonds. The van der Waals surface area contributed by atoms with Crippen LogP contribution in [0.1, 0.15) is 18.5 Å². The maximum absolute atomic E-state index is 13.0. The molecule has 2 aromatic rings. The summed E-state index contributed by atoms with van der Waals surface area (Å²) in [5, 5.41) is 1.58. The van der Waals surface area contributed by atoms with E-state index in [2.05, 4.69) is 0 Å². The van der Waals surface area contributed by atoms with Gasteiger partial charge in [0.2, 0.25) is 9.84 Å². The number of rotatable bonds is 3. The van der Waals surface area contributed by atoms with Gasteiger partial charge in [0, 0.05) is 7.05 Å². The zero-order valence-corrected chi connectivity index (χ0v) is 13.2. The monoisotopic (exact) mass is 315 g/mol. The minimum Gasteiger partial charge on any atom is -0.409 e. The van der Waals surface area contributed by atoms with Gasteiger partial charge >= 0.3 is 0 Å². The van der Waals surface area contributed by atoms with E-state index in [1.165, 1.54) is 0 Å². The van der Waals surface area contributed by atoms with Gasteiger partial charge in [0.25, 0.3) is 0 Å². The summed E-state index contributed by atoms with van der Waals surface area (Å²) >= 11 is 0. The molecular formula is C17H17NO3S. The van der Waals surface area contributed by atoms with Crippen molar-refractivity contribution in [3.05, 3.63) is 76.9 Å². The third-order valence-corrected chi connectivity index (χ3v) is 5.68. The smallest absolute Gasteiger partial charge is 0.208 e. The van der Waals surface area contributed by atoms with Crippen LogP contribution in [-0.4, -0.2) is 20.5 Å². The second-order valence-electron chi connectivity index (χ2n) is 5.19. The van der Waals surface area contributed by atoms with Crippen LogP contribution in [0.15, 0.2) is 76.2 Å². The van der Waals surface area contributed by atoms with Crippen LogP contribution in [0.5, 0.6) is 0 Å². The lowest BCUT2D eigenvalue weighted by atomic mass is 10.1. The highest BCUT2D eigenvalue weighted by atomic mass is 32.2. The van der Waals surface area contributed by atoms with E-state index in [4.69, 9.17) is 4.84 Å². The Kier molecular flexibility index (Phi) is 3.76. The van der Waals surface area contributed by atoms with Gasteiger partial charge in [-0.3, -0.25) is 0 Å². The lowest BCUT2D eigenvalue weighted by Gasteiger charge is -2.20. The Morgan fingerprint density at radius 2 is 1.50 bits per heavy atom. The number of hydrogen-bond donors (Lipinski definition) is 0. The summed E-state index contributed by atoms with van der Waals surface area (Å²) in [6.45, 7) is 1.69. The van der Waals surface area contributed by atoms with Crippen molar-refractivity contribution < 1.29 is 13.3 Å². The van der Waals surface area contributed by atoms with E-state index in [1.807, 2.05) is 30.3 Å². The molecule has 0 bridgehead atoms. The highest BCUT2D eigenvalue weighted by molar-refractivity contribution is 7.95. The first-order chi connectivity index (χ1) is 10.5. The van der Waals surface area contributed by atoms with Crippen LogP contribution in [0.4, 0.5) is 0 Å². The van der Waals surface area contributed by atoms with Gasteiger partial charge in [0.1, 0.15) is 16.7 Å². The third-order valence-electron chi connectivity index (χ3n) is 3.70. The van der Waals surface area contributed by atoms with E-state index >= 15 is 0 Å². The van der Waals surface area contributed by atoms with E-state index in [9.17, 15) is 8.42 Å². The molecule has 1 aliphatic rings. The van der Waals surface area contributed by atoms with Crippen molar-refractivity contribution in [1.29, 1.82) is 0 Å². The zero-order chi connectivity index (χ0) is 15.7. The Hall–Kier alpha value is -2.11. The molecule has 0 saturated carbocycles. The first-order valence-electron chi connectivity index (χ1n) is 6.98. The van der Waals surface area contributed by atoms with Gasteiger partial charge in [-0.15, -0.1) is 5.06 Å². The molecule has 0 radical (unpaired) electrons. The van der Waals surface area contributed by atoms with Crippen molar-refractivity contribution in [3.8, 4) is 0 Å². The summed E-state index contributed by atoms with van der Waals surface area (Å²) in [6.07, 6.45) is 0.